The van der Waals surface area contributed by atoms with E-state index in [0.29, 0.717) is 11.5 Å². The topological polar surface area (TPSA) is 67.2 Å². The van der Waals surface area contributed by atoms with Crippen molar-refractivity contribution < 1.29 is 4.79 Å². The summed E-state index contributed by atoms with van der Waals surface area (Å²) in [5.41, 5.74) is 5.15. The Morgan fingerprint density at radius 1 is 1.40 bits per heavy atom. The maximum Gasteiger partial charge on any atom is 0.251 e. The molecular formula is C16H25N3O. The van der Waals surface area contributed by atoms with E-state index in [1.165, 1.54) is 25.7 Å². The van der Waals surface area contributed by atoms with Crippen molar-refractivity contribution in [3.05, 3.63) is 29.3 Å². The summed E-state index contributed by atoms with van der Waals surface area (Å²) in [6, 6.07) is 5.52. The molecule has 4 nitrogen and oxygen atoms in total. The van der Waals surface area contributed by atoms with Gasteiger partial charge in [-0.05, 0) is 55.4 Å². The third kappa shape index (κ3) is 3.73. The molecule has 1 fully saturated rings. The number of amides is 1. The van der Waals surface area contributed by atoms with E-state index < -0.39 is 0 Å². The molecule has 0 radical (unpaired) electrons. The number of hydrogen-bond acceptors (Lipinski definition) is 3. The van der Waals surface area contributed by atoms with Gasteiger partial charge in [0.05, 0.1) is 5.69 Å². The molecule has 1 saturated carbocycles. The lowest BCUT2D eigenvalue weighted by Crippen LogP contribution is -2.31. The monoisotopic (exact) mass is 275 g/mol. The van der Waals surface area contributed by atoms with Gasteiger partial charge >= 0.3 is 0 Å². The standard InChI is InChI=1S/C16H25N3O/c1-11-4-3-5-13(8-11)10-18-16(20)14-6-7-15(19-17)12(2)9-14/h6-7,9,11,13,19H,3-5,8,10,17H2,1-2H3,(H,18,20). The zero-order valence-corrected chi connectivity index (χ0v) is 12.4. The summed E-state index contributed by atoms with van der Waals surface area (Å²) in [6.45, 7) is 5.03. The van der Waals surface area contributed by atoms with Crippen LogP contribution >= 0.6 is 0 Å². The summed E-state index contributed by atoms with van der Waals surface area (Å²) in [5, 5.41) is 3.06. The molecule has 20 heavy (non-hydrogen) atoms. The zero-order chi connectivity index (χ0) is 14.5. The molecular weight excluding hydrogens is 250 g/mol. The van der Waals surface area contributed by atoms with Gasteiger partial charge < -0.3 is 10.7 Å². The van der Waals surface area contributed by atoms with Crippen molar-refractivity contribution in [3.63, 3.8) is 0 Å². The van der Waals surface area contributed by atoms with Gasteiger partial charge in [-0.1, -0.05) is 19.8 Å². The van der Waals surface area contributed by atoms with Crippen LogP contribution in [0.15, 0.2) is 18.2 Å². The third-order valence-corrected chi connectivity index (χ3v) is 4.24. The quantitative estimate of drug-likeness (QED) is 0.584. The van der Waals surface area contributed by atoms with Gasteiger partial charge in [0, 0.05) is 12.1 Å². The lowest BCUT2D eigenvalue weighted by Gasteiger charge is -2.26. The molecule has 2 rings (SSSR count). The van der Waals surface area contributed by atoms with E-state index in [2.05, 4.69) is 17.7 Å². The van der Waals surface area contributed by atoms with Gasteiger partial charge in [0.15, 0.2) is 0 Å². The van der Waals surface area contributed by atoms with E-state index >= 15 is 0 Å². The number of rotatable bonds is 4. The molecule has 0 aliphatic heterocycles. The van der Waals surface area contributed by atoms with E-state index in [1.54, 1.807) is 6.07 Å². The Hall–Kier alpha value is -1.55. The number of nitrogen functional groups attached to an aromatic ring is 1. The van der Waals surface area contributed by atoms with Gasteiger partial charge in [-0.2, -0.15) is 0 Å². The molecule has 1 aliphatic rings. The number of hydrazine groups is 1. The number of nitrogens with two attached hydrogens (primary N) is 1. The predicted octanol–water partition coefficient (Wildman–Crippen LogP) is 2.84. The van der Waals surface area contributed by atoms with Crippen LogP contribution in [0.5, 0.6) is 0 Å². The molecule has 4 heteroatoms. The Kier molecular flexibility index (Phi) is 5.01. The molecule has 110 valence electrons. The van der Waals surface area contributed by atoms with Crippen molar-refractivity contribution in [1.29, 1.82) is 0 Å². The lowest BCUT2D eigenvalue weighted by molar-refractivity contribution is 0.0940. The molecule has 4 N–H and O–H groups in total. The SMILES string of the molecule is Cc1cc(C(=O)NCC2CCCC(C)C2)ccc1NN. The number of hydrogen-bond donors (Lipinski definition) is 3. The van der Waals surface area contributed by atoms with Crippen molar-refractivity contribution in [2.45, 2.75) is 39.5 Å². The minimum Gasteiger partial charge on any atom is -0.352 e. The van der Waals surface area contributed by atoms with Crippen LogP contribution in [-0.4, -0.2) is 12.5 Å². The Morgan fingerprint density at radius 3 is 2.85 bits per heavy atom. The fourth-order valence-corrected chi connectivity index (χ4v) is 3.05. The van der Waals surface area contributed by atoms with E-state index in [0.717, 1.165) is 23.7 Å². The first-order valence-corrected chi connectivity index (χ1v) is 7.45. The van der Waals surface area contributed by atoms with Crippen LogP contribution in [0, 0.1) is 18.8 Å². The third-order valence-electron chi connectivity index (χ3n) is 4.24. The highest BCUT2D eigenvalue weighted by atomic mass is 16.1. The smallest absolute Gasteiger partial charge is 0.251 e. The summed E-state index contributed by atoms with van der Waals surface area (Å²) in [4.78, 5) is 12.2. The minimum atomic E-state index is 0.00916. The average molecular weight is 275 g/mol. The maximum absolute atomic E-state index is 12.2. The minimum absolute atomic E-state index is 0.00916. The fourth-order valence-electron chi connectivity index (χ4n) is 3.05. The van der Waals surface area contributed by atoms with Crippen LogP contribution in [-0.2, 0) is 0 Å². The predicted molar refractivity (Wildman–Crippen MR) is 82.4 cm³/mol. The number of nitrogens with one attached hydrogen (secondary N) is 2. The second-order valence-corrected chi connectivity index (χ2v) is 6.02. The van der Waals surface area contributed by atoms with Gasteiger partial charge in [0.2, 0.25) is 0 Å². The fraction of sp³-hybridized carbons (Fsp3) is 0.562. The van der Waals surface area contributed by atoms with E-state index in [-0.39, 0.29) is 5.91 Å². The molecule has 2 atom stereocenters. The van der Waals surface area contributed by atoms with Crippen molar-refractivity contribution in [1.82, 2.24) is 5.32 Å². The molecule has 1 amide bonds. The summed E-state index contributed by atoms with van der Waals surface area (Å²) in [5.74, 6) is 6.83. The van der Waals surface area contributed by atoms with Gasteiger partial charge in [-0.3, -0.25) is 10.6 Å². The lowest BCUT2D eigenvalue weighted by atomic mass is 9.82. The summed E-state index contributed by atoms with van der Waals surface area (Å²) in [6.07, 6.45) is 5.09. The highest BCUT2D eigenvalue weighted by molar-refractivity contribution is 5.94. The second kappa shape index (κ2) is 6.75. The van der Waals surface area contributed by atoms with E-state index in [1.807, 2.05) is 19.1 Å². The molecule has 1 aromatic carbocycles. The van der Waals surface area contributed by atoms with E-state index in [4.69, 9.17) is 5.84 Å². The first-order valence-electron chi connectivity index (χ1n) is 7.45. The molecule has 0 saturated heterocycles. The van der Waals surface area contributed by atoms with Crippen LogP contribution < -0.4 is 16.6 Å². The Bertz CT molecular complexity index is 473. The average Bonchev–Trinajstić information content (AvgIpc) is 2.44. The molecule has 2 unspecified atom stereocenters. The first kappa shape index (κ1) is 14.9. The largest absolute Gasteiger partial charge is 0.352 e. The summed E-state index contributed by atoms with van der Waals surface area (Å²) < 4.78 is 0. The summed E-state index contributed by atoms with van der Waals surface area (Å²) >= 11 is 0. The van der Waals surface area contributed by atoms with Crippen molar-refractivity contribution in [2.24, 2.45) is 17.7 Å². The molecule has 0 heterocycles. The normalized spacial score (nSPS) is 22.4. The number of benzene rings is 1. The van der Waals surface area contributed by atoms with Crippen LogP contribution in [0.4, 0.5) is 5.69 Å². The van der Waals surface area contributed by atoms with Gasteiger partial charge in [0.25, 0.3) is 5.91 Å². The van der Waals surface area contributed by atoms with E-state index in [9.17, 15) is 4.79 Å². The van der Waals surface area contributed by atoms with Crippen molar-refractivity contribution >= 4 is 11.6 Å². The Labute approximate surface area is 121 Å². The number of carbonyl (C=O) groups excluding carboxylic acids is 1. The first-order chi connectivity index (χ1) is 9.60. The summed E-state index contributed by atoms with van der Waals surface area (Å²) in [7, 11) is 0. The van der Waals surface area contributed by atoms with Crippen LogP contribution in [0.25, 0.3) is 0 Å². The van der Waals surface area contributed by atoms with Gasteiger partial charge in [0.1, 0.15) is 0 Å². The molecule has 1 aromatic rings. The van der Waals surface area contributed by atoms with Crippen LogP contribution in [0.3, 0.4) is 0 Å². The Balaban J connectivity index is 1.90. The molecule has 0 bridgehead atoms. The van der Waals surface area contributed by atoms with Crippen LogP contribution in [0.1, 0.15) is 48.5 Å². The molecule has 0 aromatic heterocycles. The second-order valence-electron chi connectivity index (χ2n) is 6.02. The van der Waals surface area contributed by atoms with Gasteiger partial charge in [-0.25, -0.2) is 0 Å². The van der Waals surface area contributed by atoms with Crippen molar-refractivity contribution in [2.75, 3.05) is 12.0 Å². The maximum atomic E-state index is 12.2. The van der Waals surface area contributed by atoms with Gasteiger partial charge in [-0.15, -0.1) is 0 Å². The zero-order valence-electron chi connectivity index (χ0n) is 12.4. The molecule has 1 aliphatic carbocycles. The van der Waals surface area contributed by atoms with Crippen molar-refractivity contribution in [3.8, 4) is 0 Å². The number of carbonyl (C=O) groups is 1. The Morgan fingerprint density at radius 2 is 2.20 bits per heavy atom. The number of aryl methyl sites for hydroxylation is 1. The van der Waals surface area contributed by atoms with Crippen LogP contribution in [0.2, 0.25) is 0 Å². The number of anilines is 1. The highest BCUT2D eigenvalue weighted by Crippen LogP contribution is 2.28. The molecule has 0 spiro atoms. The highest BCUT2D eigenvalue weighted by Gasteiger charge is 2.19.